The summed E-state index contributed by atoms with van der Waals surface area (Å²) in [6.07, 6.45) is 0. The maximum Gasteiger partial charge on any atom is 0.123 e. The average Bonchev–Trinajstić information content (AvgIpc) is 2.43. The molecule has 1 unspecified atom stereocenters. The molecule has 0 aliphatic carbocycles. The molecule has 20 heavy (non-hydrogen) atoms. The van der Waals surface area contributed by atoms with Crippen molar-refractivity contribution >= 4 is 27.5 Å². The fraction of sp³-hybridized carbons (Fsp3) is 0.294. The minimum Gasteiger partial charge on any atom is -0.494 e. The first-order chi connectivity index (χ1) is 9.52. The molecule has 0 saturated heterocycles. The van der Waals surface area contributed by atoms with Crippen LogP contribution in [0, 0.1) is 13.8 Å². The Bertz CT molecular complexity index is 610. The third kappa shape index (κ3) is 3.36. The predicted molar refractivity (Wildman–Crippen MR) is 89.3 cm³/mol. The summed E-state index contributed by atoms with van der Waals surface area (Å²) in [5.41, 5.74) is 4.73. The Morgan fingerprint density at radius 3 is 2.55 bits per heavy atom. The van der Waals surface area contributed by atoms with E-state index in [9.17, 15) is 0 Å². The van der Waals surface area contributed by atoms with Crippen molar-refractivity contribution in [2.75, 3.05) is 6.61 Å². The van der Waals surface area contributed by atoms with E-state index < -0.39 is 0 Å². The van der Waals surface area contributed by atoms with Gasteiger partial charge in [0.1, 0.15) is 5.75 Å². The van der Waals surface area contributed by atoms with E-state index >= 15 is 0 Å². The molecule has 3 heteroatoms. The predicted octanol–water partition coefficient (Wildman–Crippen LogP) is 5.84. The molecule has 0 aliphatic heterocycles. The van der Waals surface area contributed by atoms with Gasteiger partial charge in [-0.1, -0.05) is 51.3 Å². The number of ether oxygens (including phenoxy) is 1. The third-order valence-corrected chi connectivity index (χ3v) is 4.47. The molecular weight excluding hydrogens is 336 g/mol. The Labute approximate surface area is 134 Å². The van der Waals surface area contributed by atoms with Gasteiger partial charge < -0.3 is 4.74 Å². The molecule has 0 bridgehead atoms. The second kappa shape index (κ2) is 6.64. The van der Waals surface area contributed by atoms with E-state index in [0.717, 1.165) is 16.3 Å². The van der Waals surface area contributed by atoms with E-state index in [-0.39, 0.29) is 4.83 Å². The topological polar surface area (TPSA) is 9.23 Å². The SMILES string of the molecule is CCOc1ccc(C)cc1C(Br)c1cc(Cl)ccc1C. The van der Waals surface area contributed by atoms with E-state index in [2.05, 4.69) is 41.9 Å². The van der Waals surface area contributed by atoms with E-state index in [0.29, 0.717) is 6.61 Å². The van der Waals surface area contributed by atoms with Gasteiger partial charge in [0.2, 0.25) is 0 Å². The molecule has 0 N–H and O–H groups in total. The van der Waals surface area contributed by atoms with Crippen molar-refractivity contribution in [1.29, 1.82) is 0 Å². The second-order valence-electron chi connectivity index (χ2n) is 4.84. The maximum atomic E-state index is 6.13. The van der Waals surface area contributed by atoms with Gasteiger partial charge in [0.15, 0.2) is 0 Å². The maximum absolute atomic E-state index is 6.13. The zero-order valence-electron chi connectivity index (χ0n) is 11.9. The summed E-state index contributed by atoms with van der Waals surface area (Å²) in [5, 5.41) is 0.751. The Balaban J connectivity index is 2.49. The van der Waals surface area contributed by atoms with E-state index in [4.69, 9.17) is 16.3 Å². The molecule has 0 aromatic heterocycles. The van der Waals surface area contributed by atoms with Gasteiger partial charge in [-0.25, -0.2) is 0 Å². The van der Waals surface area contributed by atoms with Crippen LogP contribution in [0.4, 0.5) is 0 Å². The van der Waals surface area contributed by atoms with Gasteiger partial charge in [0.25, 0.3) is 0 Å². The highest BCUT2D eigenvalue weighted by Crippen LogP contribution is 2.39. The van der Waals surface area contributed by atoms with Crippen molar-refractivity contribution in [3.8, 4) is 5.75 Å². The summed E-state index contributed by atoms with van der Waals surface area (Å²) >= 11 is 9.92. The molecule has 1 nitrogen and oxygen atoms in total. The summed E-state index contributed by atoms with van der Waals surface area (Å²) in [5.74, 6) is 0.916. The van der Waals surface area contributed by atoms with Crippen LogP contribution in [0.25, 0.3) is 0 Å². The van der Waals surface area contributed by atoms with Crippen LogP contribution < -0.4 is 4.74 Å². The number of aryl methyl sites for hydroxylation is 2. The second-order valence-corrected chi connectivity index (χ2v) is 6.19. The normalized spacial score (nSPS) is 12.2. The summed E-state index contributed by atoms with van der Waals surface area (Å²) in [7, 11) is 0. The molecule has 0 aliphatic rings. The summed E-state index contributed by atoms with van der Waals surface area (Å²) < 4.78 is 5.74. The lowest BCUT2D eigenvalue weighted by atomic mass is 9.98. The molecule has 2 aromatic rings. The van der Waals surface area contributed by atoms with Gasteiger partial charge in [-0.15, -0.1) is 0 Å². The van der Waals surface area contributed by atoms with Crippen molar-refractivity contribution in [3.63, 3.8) is 0 Å². The van der Waals surface area contributed by atoms with Crippen LogP contribution in [-0.2, 0) is 0 Å². The van der Waals surface area contributed by atoms with Crippen molar-refractivity contribution in [1.82, 2.24) is 0 Å². The fourth-order valence-corrected chi connectivity index (χ4v) is 3.24. The van der Waals surface area contributed by atoms with Crippen molar-refractivity contribution < 1.29 is 4.74 Å². The van der Waals surface area contributed by atoms with Crippen LogP contribution in [0.2, 0.25) is 5.02 Å². The van der Waals surface area contributed by atoms with Crippen molar-refractivity contribution in [3.05, 3.63) is 63.7 Å². The summed E-state index contributed by atoms with van der Waals surface area (Å²) in [6, 6.07) is 12.2. The van der Waals surface area contributed by atoms with Gasteiger partial charge in [0.05, 0.1) is 11.4 Å². The van der Waals surface area contributed by atoms with Crippen LogP contribution in [-0.4, -0.2) is 6.61 Å². The number of rotatable bonds is 4. The molecule has 106 valence electrons. The molecule has 2 aromatic carbocycles. The first-order valence-corrected chi connectivity index (χ1v) is 7.95. The number of hydrogen-bond donors (Lipinski definition) is 0. The smallest absolute Gasteiger partial charge is 0.123 e. The van der Waals surface area contributed by atoms with E-state index in [1.54, 1.807) is 0 Å². The molecule has 0 fully saturated rings. The van der Waals surface area contributed by atoms with E-state index in [1.807, 2.05) is 31.2 Å². The van der Waals surface area contributed by atoms with Gasteiger partial charge in [-0.2, -0.15) is 0 Å². The zero-order valence-corrected chi connectivity index (χ0v) is 14.3. The molecular formula is C17H18BrClO. The van der Waals surface area contributed by atoms with Crippen molar-refractivity contribution in [2.24, 2.45) is 0 Å². The Hall–Kier alpha value is -0.990. The van der Waals surface area contributed by atoms with E-state index in [1.165, 1.54) is 16.7 Å². The van der Waals surface area contributed by atoms with Crippen LogP contribution >= 0.6 is 27.5 Å². The minimum atomic E-state index is 0.0719. The van der Waals surface area contributed by atoms with Gasteiger partial charge in [0, 0.05) is 10.6 Å². The zero-order chi connectivity index (χ0) is 14.7. The molecule has 0 spiro atoms. The van der Waals surface area contributed by atoms with Crippen molar-refractivity contribution in [2.45, 2.75) is 25.6 Å². The van der Waals surface area contributed by atoms with Gasteiger partial charge in [-0.05, 0) is 50.1 Å². The number of halogens is 2. The third-order valence-electron chi connectivity index (χ3n) is 3.25. The Morgan fingerprint density at radius 1 is 1.10 bits per heavy atom. The number of alkyl halides is 1. The molecule has 0 heterocycles. The Morgan fingerprint density at radius 2 is 1.85 bits per heavy atom. The average molecular weight is 354 g/mol. The summed E-state index contributed by atoms with van der Waals surface area (Å²) in [4.78, 5) is 0.0719. The van der Waals surface area contributed by atoms with Gasteiger partial charge in [-0.3, -0.25) is 0 Å². The largest absolute Gasteiger partial charge is 0.494 e. The van der Waals surface area contributed by atoms with Crippen LogP contribution in [0.15, 0.2) is 36.4 Å². The molecule has 0 saturated carbocycles. The minimum absolute atomic E-state index is 0.0719. The van der Waals surface area contributed by atoms with Crippen LogP contribution in [0.5, 0.6) is 5.75 Å². The highest BCUT2D eigenvalue weighted by molar-refractivity contribution is 9.09. The molecule has 1 atom stereocenters. The molecule has 0 radical (unpaired) electrons. The number of benzene rings is 2. The van der Waals surface area contributed by atoms with Gasteiger partial charge >= 0.3 is 0 Å². The monoisotopic (exact) mass is 352 g/mol. The first kappa shape index (κ1) is 15.4. The highest BCUT2D eigenvalue weighted by atomic mass is 79.9. The van der Waals surface area contributed by atoms with Crippen LogP contribution in [0.1, 0.15) is 34.0 Å². The first-order valence-electron chi connectivity index (χ1n) is 6.66. The van der Waals surface area contributed by atoms with Crippen LogP contribution in [0.3, 0.4) is 0 Å². The molecule has 2 rings (SSSR count). The standard InChI is InChI=1S/C17H18BrClO/c1-4-20-16-8-5-11(2)9-15(16)17(18)14-10-13(19)7-6-12(14)3/h5-10,17H,4H2,1-3H3. The lowest BCUT2D eigenvalue weighted by molar-refractivity contribution is 0.337. The quantitative estimate of drug-likeness (QED) is 0.627. The highest BCUT2D eigenvalue weighted by Gasteiger charge is 2.18. The molecule has 0 amide bonds. The fourth-order valence-electron chi connectivity index (χ4n) is 2.20. The Kier molecular flexibility index (Phi) is 5.11. The lowest BCUT2D eigenvalue weighted by Crippen LogP contribution is -2.02. The number of hydrogen-bond acceptors (Lipinski definition) is 1. The summed E-state index contributed by atoms with van der Waals surface area (Å²) in [6.45, 7) is 6.83. The lowest BCUT2D eigenvalue weighted by Gasteiger charge is -2.18.